The summed E-state index contributed by atoms with van der Waals surface area (Å²) in [5.41, 5.74) is 0.278. The number of aryl methyl sites for hydroxylation is 1. The molecular formula is C12H18N2O4S2. The summed E-state index contributed by atoms with van der Waals surface area (Å²) in [5.74, 6) is -0.932. The first kappa shape index (κ1) is 15.2. The summed E-state index contributed by atoms with van der Waals surface area (Å²) in [6, 6.07) is 0. The number of nitrogens with one attached hydrogen (secondary N) is 1. The van der Waals surface area contributed by atoms with Crippen molar-refractivity contribution in [2.75, 3.05) is 10.5 Å². The van der Waals surface area contributed by atoms with Crippen molar-refractivity contribution in [3.63, 3.8) is 0 Å². The molecule has 1 saturated carbocycles. The molecule has 2 N–H and O–H groups in total. The van der Waals surface area contributed by atoms with Gasteiger partial charge in [-0.1, -0.05) is 19.3 Å². The van der Waals surface area contributed by atoms with Gasteiger partial charge in [0.2, 0.25) is 10.0 Å². The highest BCUT2D eigenvalue weighted by atomic mass is 32.2. The van der Waals surface area contributed by atoms with E-state index in [0.29, 0.717) is 5.69 Å². The molecule has 1 heterocycles. The highest BCUT2D eigenvalue weighted by molar-refractivity contribution is 7.92. The van der Waals surface area contributed by atoms with E-state index in [1.54, 1.807) is 6.92 Å². The lowest BCUT2D eigenvalue weighted by Crippen LogP contribution is -2.24. The third kappa shape index (κ3) is 3.69. The Kier molecular flexibility index (Phi) is 4.64. The van der Waals surface area contributed by atoms with E-state index in [0.717, 1.165) is 37.2 Å². The van der Waals surface area contributed by atoms with Gasteiger partial charge in [-0.25, -0.2) is 13.2 Å². The van der Waals surface area contributed by atoms with Crippen molar-refractivity contribution in [1.29, 1.82) is 0 Å². The normalized spacial score (nSPS) is 17.1. The second-order valence-corrected chi connectivity index (χ2v) is 7.71. The first-order valence-corrected chi connectivity index (χ1v) is 9.01. The minimum Gasteiger partial charge on any atom is -0.478 e. The maximum absolute atomic E-state index is 12.1. The van der Waals surface area contributed by atoms with E-state index < -0.39 is 16.0 Å². The summed E-state index contributed by atoms with van der Waals surface area (Å²) in [7, 11) is -3.52. The first-order chi connectivity index (χ1) is 9.39. The Balaban J connectivity index is 2.10. The van der Waals surface area contributed by atoms with Crippen LogP contribution in [-0.4, -0.2) is 29.6 Å². The van der Waals surface area contributed by atoms with Gasteiger partial charge in [-0.05, 0) is 37.2 Å². The van der Waals surface area contributed by atoms with E-state index in [2.05, 4.69) is 9.10 Å². The molecule has 2 rings (SSSR count). The standard InChI is InChI=1S/C12H18N2O4S2/c1-8-10(12(15)16)11(19-13-8)14-20(17,18)7-9-5-3-2-4-6-9/h9,14H,2-7H2,1H3,(H,15,16). The molecule has 0 unspecified atom stereocenters. The smallest absolute Gasteiger partial charge is 0.340 e. The third-order valence-corrected chi connectivity index (χ3v) is 5.91. The number of aromatic carboxylic acids is 1. The molecule has 0 bridgehead atoms. The number of nitrogens with zero attached hydrogens (tertiary/aromatic N) is 1. The van der Waals surface area contributed by atoms with Crippen LogP contribution in [0.15, 0.2) is 0 Å². The molecule has 20 heavy (non-hydrogen) atoms. The Morgan fingerprint density at radius 2 is 2.05 bits per heavy atom. The highest BCUT2D eigenvalue weighted by Gasteiger charge is 2.25. The van der Waals surface area contributed by atoms with Gasteiger partial charge in [-0.3, -0.25) is 4.72 Å². The van der Waals surface area contributed by atoms with Crippen LogP contribution in [-0.2, 0) is 10.0 Å². The number of sulfonamides is 1. The average Bonchev–Trinajstić information content (AvgIpc) is 2.70. The number of carboxylic acid groups (broad SMARTS) is 1. The van der Waals surface area contributed by atoms with Gasteiger partial charge in [-0.2, -0.15) is 4.37 Å². The number of carbonyl (C=O) groups is 1. The molecule has 1 fully saturated rings. The second-order valence-electron chi connectivity index (χ2n) is 5.16. The number of rotatable bonds is 5. The SMILES string of the molecule is Cc1nsc(NS(=O)(=O)CC2CCCCC2)c1C(=O)O. The van der Waals surface area contributed by atoms with Crippen LogP contribution < -0.4 is 4.72 Å². The lowest BCUT2D eigenvalue weighted by Gasteiger charge is -2.21. The van der Waals surface area contributed by atoms with Gasteiger partial charge in [0, 0.05) is 0 Å². The maximum Gasteiger partial charge on any atom is 0.340 e. The molecule has 1 aliphatic rings. The molecular weight excluding hydrogens is 300 g/mol. The van der Waals surface area contributed by atoms with Crippen molar-refractivity contribution in [1.82, 2.24) is 4.37 Å². The molecule has 0 radical (unpaired) electrons. The van der Waals surface area contributed by atoms with Crippen LogP contribution in [0.3, 0.4) is 0 Å². The Labute approximate surface area is 122 Å². The van der Waals surface area contributed by atoms with Crippen molar-refractivity contribution in [3.8, 4) is 0 Å². The molecule has 1 aromatic rings. The van der Waals surface area contributed by atoms with E-state index in [4.69, 9.17) is 5.11 Å². The zero-order valence-electron chi connectivity index (χ0n) is 11.3. The fourth-order valence-corrected chi connectivity index (χ4v) is 5.14. The lowest BCUT2D eigenvalue weighted by atomic mass is 9.91. The monoisotopic (exact) mass is 318 g/mol. The van der Waals surface area contributed by atoms with Gasteiger partial charge >= 0.3 is 5.97 Å². The van der Waals surface area contributed by atoms with Gasteiger partial charge < -0.3 is 5.11 Å². The fraction of sp³-hybridized carbons (Fsp3) is 0.667. The highest BCUT2D eigenvalue weighted by Crippen LogP contribution is 2.28. The van der Waals surface area contributed by atoms with Crippen LogP contribution in [0.4, 0.5) is 5.00 Å². The van der Waals surface area contributed by atoms with Gasteiger partial charge in [0.25, 0.3) is 0 Å². The lowest BCUT2D eigenvalue weighted by molar-refractivity contribution is 0.0697. The zero-order chi connectivity index (χ0) is 14.8. The third-order valence-electron chi connectivity index (χ3n) is 3.50. The van der Waals surface area contributed by atoms with Crippen LogP contribution >= 0.6 is 11.5 Å². The number of anilines is 1. The van der Waals surface area contributed by atoms with Crippen LogP contribution in [0.2, 0.25) is 0 Å². The minimum absolute atomic E-state index is 0.0535. The van der Waals surface area contributed by atoms with E-state index in [9.17, 15) is 13.2 Å². The summed E-state index contributed by atoms with van der Waals surface area (Å²) >= 11 is 0.872. The van der Waals surface area contributed by atoms with Crippen LogP contribution in [0.5, 0.6) is 0 Å². The number of hydrogen-bond acceptors (Lipinski definition) is 5. The molecule has 0 saturated heterocycles. The number of aromatic nitrogens is 1. The van der Waals surface area contributed by atoms with E-state index in [1.807, 2.05) is 0 Å². The van der Waals surface area contributed by atoms with E-state index >= 15 is 0 Å². The summed E-state index contributed by atoms with van der Waals surface area (Å²) in [4.78, 5) is 11.1. The van der Waals surface area contributed by atoms with Crippen molar-refractivity contribution in [2.45, 2.75) is 39.0 Å². The van der Waals surface area contributed by atoms with Crippen molar-refractivity contribution in [3.05, 3.63) is 11.3 Å². The maximum atomic E-state index is 12.1. The van der Waals surface area contributed by atoms with E-state index in [1.165, 1.54) is 6.42 Å². The molecule has 1 aliphatic carbocycles. The minimum atomic E-state index is -3.52. The Hall–Kier alpha value is -1.15. The predicted molar refractivity (Wildman–Crippen MR) is 77.8 cm³/mol. The summed E-state index contributed by atoms with van der Waals surface area (Å²) in [6.07, 6.45) is 5.16. The number of carboxylic acids is 1. The summed E-state index contributed by atoms with van der Waals surface area (Å²) < 4.78 is 30.5. The Morgan fingerprint density at radius 1 is 1.40 bits per heavy atom. The second kappa shape index (κ2) is 6.09. The summed E-state index contributed by atoms with van der Waals surface area (Å²) in [6.45, 7) is 1.55. The van der Waals surface area contributed by atoms with Gasteiger partial charge in [0.05, 0.1) is 11.4 Å². The molecule has 8 heteroatoms. The molecule has 0 amide bonds. The van der Waals surface area contributed by atoms with Crippen molar-refractivity contribution in [2.24, 2.45) is 5.92 Å². The molecule has 0 aliphatic heterocycles. The van der Waals surface area contributed by atoms with Crippen LogP contribution in [0.25, 0.3) is 0 Å². The average molecular weight is 318 g/mol. The van der Waals surface area contributed by atoms with Gasteiger partial charge in [0.1, 0.15) is 10.6 Å². The number of hydrogen-bond donors (Lipinski definition) is 2. The molecule has 112 valence electrons. The van der Waals surface area contributed by atoms with Crippen LogP contribution in [0.1, 0.15) is 48.2 Å². The van der Waals surface area contributed by atoms with Gasteiger partial charge in [-0.15, -0.1) is 0 Å². The molecule has 6 nitrogen and oxygen atoms in total. The fourth-order valence-electron chi connectivity index (χ4n) is 2.54. The molecule has 1 aromatic heterocycles. The van der Waals surface area contributed by atoms with Crippen molar-refractivity contribution >= 4 is 32.5 Å². The van der Waals surface area contributed by atoms with Gasteiger partial charge in [0.15, 0.2) is 0 Å². The van der Waals surface area contributed by atoms with Crippen molar-refractivity contribution < 1.29 is 18.3 Å². The topological polar surface area (TPSA) is 96.4 Å². The quantitative estimate of drug-likeness (QED) is 0.869. The molecule has 0 aromatic carbocycles. The Morgan fingerprint density at radius 3 is 2.65 bits per heavy atom. The molecule has 0 spiro atoms. The van der Waals surface area contributed by atoms with E-state index in [-0.39, 0.29) is 22.2 Å². The van der Waals surface area contributed by atoms with Crippen LogP contribution in [0, 0.1) is 12.8 Å². The largest absolute Gasteiger partial charge is 0.478 e. The first-order valence-electron chi connectivity index (χ1n) is 6.59. The molecule has 0 atom stereocenters. The summed E-state index contributed by atoms with van der Waals surface area (Å²) in [5, 5.41) is 9.19. The predicted octanol–water partition coefficient (Wildman–Crippen LogP) is 2.47. The zero-order valence-corrected chi connectivity index (χ0v) is 12.9. The Bertz CT molecular complexity index is 589.